The molecule has 3 aromatic carbocycles. The van der Waals surface area contributed by atoms with Gasteiger partial charge in [0.05, 0.1) is 16.3 Å². The number of carboxylic acids is 2. The molecule has 0 atom stereocenters. The molecule has 0 bridgehead atoms. The molecule has 0 aliphatic carbocycles. The highest BCUT2D eigenvalue weighted by molar-refractivity contribution is 7.13. The molecule has 2 aromatic heterocycles. The Labute approximate surface area is 223 Å². The lowest BCUT2D eigenvalue weighted by molar-refractivity contribution is -0.132. The second-order valence-electron chi connectivity index (χ2n) is 8.37. The number of aromatic nitrogens is 2. The molecule has 186 valence electrons. The van der Waals surface area contributed by atoms with Gasteiger partial charge in [-0.2, -0.15) is 0 Å². The predicted molar refractivity (Wildman–Crippen MR) is 151 cm³/mol. The molecule has 0 radical (unpaired) electrons. The van der Waals surface area contributed by atoms with Crippen LogP contribution in [0.4, 0.5) is 0 Å². The molecule has 5 aromatic rings. The monoisotopic (exact) mass is 518 g/mol. The summed E-state index contributed by atoms with van der Waals surface area (Å²) in [4.78, 5) is 28.0. The first kappa shape index (κ1) is 24.7. The molecule has 0 amide bonds. The second-order valence-corrected chi connectivity index (χ2v) is 9.32. The maximum absolute atomic E-state index is 10.9. The molecule has 6 nitrogen and oxygen atoms in total. The molecule has 0 saturated carbocycles. The van der Waals surface area contributed by atoms with Crippen molar-refractivity contribution in [1.82, 2.24) is 9.55 Å². The van der Waals surface area contributed by atoms with Crippen LogP contribution in [-0.4, -0.2) is 31.7 Å². The van der Waals surface area contributed by atoms with Gasteiger partial charge in [-0.25, -0.2) is 14.6 Å². The molecular weight excluding hydrogens is 496 g/mol. The lowest BCUT2D eigenvalue weighted by Gasteiger charge is -2.13. The second kappa shape index (κ2) is 10.9. The molecule has 2 heterocycles. The first-order valence-electron chi connectivity index (χ1n) is 11.7. The van der Waals surface area contributed by atoms with Gasteiger partial charge >= 0.3 is 11.9 Å². The van der Waals surface area contributed by atoms with E-state index in [1.165, 1.54) is 0 Å². The summed E-state index contributed by atoms with van der Waals surface area (Å²) in [6.07, 6.45) is 5.34. The van der Waals surface area contributed by atoms with Crippen LogP contribution in [0.15, 0.2) is 109 Å². The predicted octanol–water partition coefficient (Wildman–Crippen LogP) is 7.13. The van der Waals surface area contributed by atoms with Gasteiger partial charge in [-0.15, -0.1) is 11.3 Å². The zero-order valence-electron chi connectivity index (χ0n) is 20.1. The van der Waals surface area contributed by atoms with Crippen molar-refractivity contribution in [2.24, 2.45) is 0 Å². The Balaban J connectivity index is 1.72. The van der Waals surface area contributed by atoms with Crippen molar-refractivity contribution >= 4 is 35.4 Å². The molecule has 0 aliphatic heterocycles. The average Bonchev–Trinajstić information content (AvgIpc) is 3.60. The lowest BCUT2D eigenvalue weighted by Crippen LogP contribution is -1.99. The number of carbonyl (C=O) groups is 2. The van der Waals surface area contributed by atoms with Crippen LogP contribution in [0.25, 0.3) is 51.1 Å². The van der Waals surface area contributed by atoms with E-state index in [2.05, 4.69) is 4.57 Å². The summed E-state index contributed by atoms with van der Waals surface area (Å²) < 4.78 is 2.14. The van der Waals surface area contributed by atoms with Crippen molar-refractivity contribution in [3.63, 3.8) is 0 Å². The van der Waals surface area contributed by atoms with E-state index in [-0.39, 0.29) is 0 Å². The number of hydrogen-bond acceptors (Lipinski definition) is 4. The van der Waals surface area contributed by atoms with E-state index in [1.807, 2.05) is 96.4 Å². The van der Waals surface area contributed by atoms with E-state index in [9.17, 15) is 9.59 Å². The molecule has 0 aliphatic rings. The van der Waals surface area contributed by atoms with E-state index in [1.54, 1.807) is 23.5 Å². The SMILES string of the molecule is O=C(O)/C=C/c1ccc(-c2nc(-c3cccs3)n(-c3ccccc3)c2-c2ccc(/C=C/C(=O)O)cc2)cc1. The molecule has 38 heavy (non-hydrogen) atoms. The number of benzene rings is 3. The van der Waals surface area contributed by atoms with E-state index < -0.39 is 11.9 Å². The number of hydrogen-bond donors (Lipinski definition) is 2. The van der Waals surface area contributed by atoms with Gasteiger partial charge in [0, 0.05) is 29.0 Å². The Morgan fingerprint density at radius 3 is 1.82 bits per heavy atom. The Morgan fingerprint density at radius 1 is 0.711 bits per heavy atom. The zero-order chi connectivity index (χ0) is 26.5. The van der Waals surface area contributed by atoms with Crippen molar-refractivity contribution in [3.8, 4) is 38.9 Å². The van der Waals surface area contributed by atoms with Crippen LogP contribution in [-0.2, 0) is 9.59 Å². The van der Waals surface area contributed by atoms with Crippen molar-refractivity contribution in [3.05, 3.63) is 120 Å². The van der Waals surface area contributed by atoms with Gasteiger partial charge in [-0.05, 0) is 46.9 Å². The average molecular weight is 519 g/mol. The molecule has 0 unspecified atom stereocenters. The summed E-state index contributed by atoms with van der Waals surface area (Å²) in [5.41, 5.74) is 5.98. The van der Waals surface area contributed by atoms with Crippen molar-refractivity contribution in [2.45, 2.75) is 0 Å². The van der Waals surface area contributed by atoms with Gasteiger partial charge in [0.15, 0.2) is 5.82 Å². The molecule has 5 rings (SSSR count). The summed E-state index contributed by atoms with van der Waals surface area (Å²) in [5, 5.41) is 19.9. The third-order valence-electron chi connectivity index (χ3n) is 5.84. The summed E-state index contributed by atoms with van der Waals surface area (Å²) in [6.45, 7) is 0. The Morgan fingerprint density at radius 2 is 1.29 bits per heavy atom. The van der Waals surface area contributed by atoms with Crippen LogP contribution in [0, 0.1) is 0 Å². The van der Waals surface area contributed by atoms with Crippen LogP contribution in [0.3, 0.4) is 0 Å². The molecule has 7 heteroatoms. The topological polar surface area (TPSA) is 92.4 Å². The standard InChI is InChI=1S/C31H22N2O4S/c34-27(35)18-12-21-8-14-23(15-9-21)29-30(24-16-10-22(11-17-24)13-19-28(36)37)33(25-5-2-1-3-6-25)31(32-29)26-7-4-20-38-26/h1-20H,(H,34,35)(H,36,37)/b18-12+,19-13+. The minimum Gasteiger partial charge on any atom is -0.478 e. The first-order valence-corrected chi connectivity index (χ1v) is 12.6. The molecule has 0 spiro atoms. The maximum atomic E-state index is 10.9. The highest BCUT2D eigenvalue weighted by Crippen LogP contribution is 2.39. The third kappa shape index (κ3) is 5.38. The Kier molecular flexibility index (Phi) is 7.10. The van der Waals surface area contributed by atoms with Crippen LogP contribution >= 0.6 is 11.3 Å². The fourth-order valence-corrected chi connectivity index (χ4v) is 4.83. The van der Waals surface area contributed by atoms with E-state index in [4.69, 9.17) is 15.2 Å². The summed E-state index contributed by atoms with van der Waals surface area (Å²) in [7, 11) is 0. The molecular formula is C31H22N2O4S. The van der Waals surface area contributed by atoms with E-state index in [0.717, 1.165) is 62.2 Å². The van der Waals surface area contributed by atoms with Gasteiger partial charge in [-0.1, -0.05) is 72.8 Å². The molecule has 2 N–H and O–H groups in total. The van der Waals surface area contributed by atoms with E-state index in [0.29, 0.717) is 0 Å². The number of nitrogens with zero attached hydrogens (tertiary/aromatic N) is 2. The fraction of sp³-hybridized carbons (Fsp3) is 0. The van der Waals surface area contributed by atoms with Gasteiger partial charge in [0.1, 0.15) is 0 Å². The normalized spacial score (nSPS) is 11.4. The summed E-state index contributed by atoms with van der Waals surface area (Å²) in [5.74, 6) is -1.19. The highest BCUT2D eigenvalue weighted by Gasteiger charge is 2.22. The van der Waals surface area contributed by atoms with Gasteiger partial charge in [0.25, 0.3) is 0 Å². The smallest absolute Gasteiger partial charge is 0.328 e. The zero-order valence-corrected chi connectivity index (χ0v) is 20.9. The van der Waals surface area contributed by atoms with Gasteiger partial charge < -0.3 is 10.2 Å². The van der Waals surface area contributed by atoms with Crippen molar-refractivity contribution < 1.29 is 19.8 Å². The van der Waals surface area contributed by atoms with E-state index >= 15 is 0 Å². The van der Waals surface area contributed by atoms with Gasteiger partial charge in [0.2, 0.25) is 0 Å². The van der Waals surface area contributed by atoms with Crippen LogP contribution < -0.4 is 0 Å². The third-order valence-corrected chi connectivity index (χ3v) is 6.70. The highest BCUT2D eigenvalue weighted by atomic mass is 32.1. The largest absolute Gasteiger partial charge is 0.478 e. The fourth-order valence-electron chi connectivity index (χ4n) is 4.13. The summed E-state index contributed by atoms with van der Waals surface area (Å²) in [6, 6.07) is 29.3. The molecule has 0 saturated heterocycles. The molecule has 0 fully saturated rings. The number of carboxylic acid groups (broad SMARTS) is 2. The maximum Gasteiger partial charge on any atom is 0.328 e. The quantitative estimate of drug-likeness (QED) is 0.213. The van der Waals surface area contributed by atoms with Crippen LogP contribution in [0.1, 0.15) is 11.1 Å². The number of para-hydroxylation sites is 1. The van der Waals surface area contributed by atoms with Crippen LogP contribution in [0.2, 0.25) is 0 Å². The summed E-state index contributed by atoms with van der Waals surface area (Å²) >= 11 is 1.61. The van der Waals surface area contributed by atoms with Gasteiger partial charge in [-0.3, -0.25) is 4.57 Å². The Bertz CT molecular complexity index is 1630. The number of aliphatic carboxylic acids is 2. The van der Waals surface area contributed by atoms with Crippen molar-refractivity contribution in [2.75, 3.05) is 0 Å². The minimum atomic E-state index is -1.000. The van der Waals surface area contributed by atoms with Crippen molar-refractivity contribution in [1.29, 1.82) is 0 Å². The first-order chi connectivity index (χ1) is 18.5. The minimum absolute atomic E-state index is 0.772. The number of thiophene rings is 1. The van der Waals surface area contributed by atoms with Crippen LogP contribution in [0.5, 0.6) is 0 Å². The number of rotatable bonds is 8. The number of imidazole rings is 1. The Hall–Kier alpha value is -5.01. The lowest BCUT2D eigenvalue weighted by atomic mass is 10.0.